The SMILES string of the molecule is CN(C[C@H]1COc2ccccc2O1)S(=O)(=O)c1cn(C)c(=O)n(C)c1=O. The lowest BCUT2D eigenvalue weighted by Crippen LogP contribution is -2.45. The summed E-state index contributed by atoms with van der Waals surface area (Å²) in [6.45, 7) is 0.171. The first-order valence-corrected chi connectivity index (χ1v) is 9.27. The molecule has 0 spiro atoms. The van der Waals surface area contributed by atoms with E-state index in [0.29, 0.717) is 11.5 Å². The topological polar surface area (TPSA) is 99.8 Å². The third kappa shape index (κ3) is 3.13. The molecule has 1 atom stereocenters. The van der Waals surface area contributed by atoms with Gasteiger partial charge in [0.15, 0.2) is 16.4 Å². The highest BCUT2D eigenvalue weighted by Crippen LogP contribution is 2.31. The number of benzene rings is 1. The molecule has 0 aliphatic carbocycles. The zero-order valence-corrected chi connectivity index (χ0v) is 15.4. The summed E-state index contributed by atoms with van der Waals surface area (Å²) < 4.78 is 39.8. The Balaban J connectivity index is 1.85. The standard InChI is InChI=1S/C16H19N3O6S/c1-17-9-14(15(20)19(3)16(17)21)26(22,23)18(2)8-11-10-24-12-6-4-5-7-13(12)25-11/h4-7,9,11H,8,10H2,1-3H3/t11-/m0/s1. The van der Waals surface area contributed by atoms with Crippen molar-refractivity contribution in [2.45, 2.75) is 11.0 Å². The Bertz CT molecular complexity index is 1060. The molecule has 0 saturated heterocycles. The van der Waals surface area contributed by atoms with Crippen LogP contribution in [0.4, 0.5) is 0 Å². The zero-order valence-electron chi connectivity index (χ0n) is 14.6. The van der Waals surface area contributed by atoms with Crippen molar-refractivity contribution in [3.63, 3.8) is 0 Å². The van der Waals surface area contributed by atoms with Gasteiger partial charge in [-0.3, -0.25) is 9.36 Å². The van der Waals surface area contributed by atoms with Gasteiger partial charge in [-0.15, -0.1) is 0 Å². The molecule has 0 saturated carbocycles. The lowest BCUT2D eigenvalue weighted by Gasteiger charge is -2.29. The molecule has 0 amide bonds. The highest BCUT2D eigenvalue weighted by Gasteiger charge is 2.30. The number of para-hydroxylation sites is 2. The largest absolute Gasteiger partial charge is 0.486 e. The molecule has 1 aromatic heterocycles. The maximum absolute atomic E-state index is 12.8. The molecule has 0 unspecified atom stereocenters. The summed E-state index contributed by atoms with van der Waals surface area (Å²) >= 11 is 0. The first-order chi connectivity index (χ1) is 12.2. The molecular weight excluding hydrogens is 362 g/mol. The lowest BCUT2D eigenvalue weighted by molar-refractivity contribution is 0.0798. The molecule has 0 fully saturated rings. The van der Waals surface area contributed by atoms with Crippen molar-refractivity contribution in [3.05, 3.63) is 51.3 Å². The highest BCUT2D eigenvalue weighted by molar-refractivity contribution is 7.89. The Morgan fingerprint density at radius 1 is 1.19 bits per heavy atom. The van der Waals surface area contributed by atoms with Gasteiger partial charge in [-0.25, -0.2) is 13.2 Å². The van der Waals surface area contributed by atoms with E-state index in [9.17, 15) is 18.0 Å². The van der Waals surface area contributed by atoms with Crippen molar-refractivity contribution in [1.29, 1.82) is 0 Å². The molecule has 0 N–H and O–H groups in total. The van der Waals surface area contributed by atoms with Crippen molar-refractivity contribution in [3.8, 4) is 11.5 Å². The Hall–Kier alpha value is -2.59. The van der Waals surface area contributed by atoms with Gasteiger partial charge in [0.05, 0.1) is 6.54 Å². The van der Waals surface area contributed by atoms with Gasteiger partial charge in [-0.2, -0.15) is 4.31 Å². The number of nitrogens with zero attached hydrogens (tertiary/aromatic N) is 3. The van der Waals surface area contributed by atoms with Gasteiger partial charge in [0.25, 0.3) is 5.56 Å². The van der Waals surface area contributed by atoms with Gasteiger partial charge < -0.3 is 14.0 Å². The molecule has 140 valence electrons. The van der Waals surface area contributed by atoms with E-state index in [4.69, 9.17) is 9.47 Å². The van der Waals surface area contributed by atoms with E-state index in [1.807, 2.05) is 6.07 Å². The Kier molecular flexibility index (Phi) is 4.63. The van der Waals surface area contributed by atoms with Gasteiger partial charge in [0, 0.05) is 27.3 Å². The molecule has 1 aliphatic heterocycles. The molecule has 1 aromatic carbocycles. The predicted molar refractivity (Wildman–Crippen MR) is 93.1 cm³/mol. The molecule has 0 bridgehead atoms. The second kappa shape index (κ2) is 6.61. The Morgan fingerprint density at radius 3 is 2.54 bits per heavy atom. The van der Waals surface area contributed by atoms with Crippen LogP contribution in [0.1, 0.15) is 0 Å². The smallest absolute Gasteiger partial charge is 0.330 e. The number of aromatic nitrogens is 2. The van der Waals surface area contributed by atoms with Gasteiger partial charge >= 0.3 is 5.69 Å². The normalized spacial score (nSPS) is 16.7. The number of fused-ring (bicyclic) bond motifs is 1. The third-order valence-electron chi connectivity index (χ3n) is 4.13. The van der Waals surface area contributed by atoms with E-state index in [1.165, 1.54) is 21.1 Å². The molecule has 2 heterocycles. The number of hydrogen-bond acceptors (Lipinski definition) is 6. The number of hydrogen-bond donors (Lipinski definition) is 0. The number of sulfonamides is 1. The second-order valence-corrected chi connectivity index (χ2v) is 8.05. The molecule has 10 heteroatoms. The van der Waals surface area contributed by atoms with Crippen LogP contribution in [0.25, 0.3) is 0 Å². The fourth-order valence-electron chi connectivity index (χ4n) is 2.66. The zero-order chi connectivity index (χ0) is 19.1. The monoisotopic (exact) mass is 381 g/mol. The van der Waals surface area contributed by atoms with Crippen molar-refractivity contribution < 1.29 is 17.9 Å². The first-order valence-electron chi connectivity index (χ1n) is 7.83. The minimum Gasteiger partial charge on any atom is -0.486 e. The average molecular weight is 381 g/mol. The average Bonchev–Trinajstić information content (AvgIpc) is 2.62. The molecule has 2 aromatic rings. The Morgan fingerprint density at radius 2 is 1.85 bits per heavy atom. The minimum absolute atomic E-state index is 0.0112. The molecular formula is C16H19N3O6S. The Labute approximate surface area is 150 Å². The van der Waals surface area contributed by atoms with Crippen LogP contribution < -0.4 is 20.7 Å². The summed E-state index contributed by atoms with van der Waals surface area (Å²) in [4.78, 5) is 23.5. The predicted octanol–water partition coefficient (Wildman–Crippen LogP) is -0.455. The quantitative estimate of drug-likeness (QED) is 0.711. The van der Waals surface area contributed by atoms with Gasteiger partial charge in [0.1, 0.15) is 12.7 Å². The van der Waals surface area contributed by atoms with E-state index in [2.05, 4.69) is 0 Å². The highest BCUT2D eigenvalue weighted by atomic mass is 32.2. The minimum atomic E-state index is -4.10. The number of rotatable bonds is 4. The second-order valence-electron chi connectivity index (χ2n) is 6.03. The van der Waals surface area contributed by atoms with Crippen molar-refractivity contribution in [2.24, 2.45) is 14.1 Å². The van der Waals surface area contributed by atoms with Crippen molar-refractivity contribution in [1.82, 2.24) is 13.4 Å². The van der Waals surface area contributed by atoms with Crippen LogP contribution in [0.2, 0.25) is 0 Å². The summed E-state index contributed by atoms with van der Waals surface area (Å²) in [5, 5.41) is 0. The van der Waals surface area contributed by atoms with Gasteiger partial charge in [0.2, 0.25) is 10.0 Å². The number of likely N-dealkylation sites (N-methyl/N-ethyl adjacent to an activating group) is 1. The molecule has 9 nitrogen and oxygen atoms in total. The van der Waals surface area contributed by atoms with Crippen LogP contribution in [0.3, 0.4) is 0 Å². The lowest BCUT2D eigenvalue weighted by atomic mass is 10.2. The summed E-state index contributed by atoms with van der Waals surface area (Å²) in [5.74, 6) is 1.13. The van der Waals surface area contributed by atoms with E-state index in [0.717, 1.165) is 19.6 Å². The van der Waals surface area contributed by atoms with Gasteiger partial charge in [-0.05, 0) is 12.1 Å². The maximum Gasteiger partial charge on any atom is 0.330 e. The van der Waals surface area contributed by atoms with Crippen LogP contribution >= 0.6 is 0 Å². The fraction of sp³-hybridized carbons (Fsp3) is 0.375. The first kappa shape index (κ1) is 18.2. The van der Waals surface area contributed by atoms with Crippen molar-refractivity contribution >= 4 is 10.0 Å². The molecule has 0 radical (unpaired) electrons. The van der Waals surface area contributed by atoms with Crippen LogP contribution in [-0.4, -0.2) is 48.2 Å². The summed E-state index contributed by atoms with van der Waals surface area (Å²) in [6.07, 6.45) is 0.505. The van der Waals surface area contributed by atoms with Crippen LogP contribution in [0, 0.1) is 0 Å². The van der Waals surface area contributed by atoms with E-state index >= 15 is 0 Å². The van der Waals surface area contributed by atoms with Gasteiger partial charge in [-0.1, -0.05) is 12.1 Å². The summed E-state index contributed by atoms with van der Waals surface area (Å²) in [6, 6.07) is 7.10. The van der Waals surface area contributed by atoms with Crippen LogP contribution in [0.15, 0.2) is 44.9 Å². The van der Waals surface area contributed by atoms with Crippen molar-refractivity contribution in [2.75, 3.05) is 20.2 Å². The fourth-order valence-corrected chi connectivity index (χ4v) is 4.01. The summed E-state index contributed by atoms with van der Waals surface area (Å²) in [7, 11) is -0.133. The molecule has 3 rings (SSSR count). The number of ether oxygens (including phenoxy) is 2. The summed E-state index contributed by atoms with van der Waals surface area (Å²) in [5.41, 5.74) is -1.47. The van der Waals surface area contributed by atoms with Crippen LogP contribution in [0.5, 0.6) is 11.5 Å². The van der Waals surface area contributed by atoms with E-state index in [1.54, 1.807) is 18.2 Å². The van der Waals surface area contributed by atoms with E-state index < -0.39 is 32.3 Å². The third-order valence-corrected chi connectivity index (χ3v) is 5.94. The number of aryl methyl sites for hydroxylation is 1. The van der Waals surface area contributed by atoms with Crippen LogP contribution in [-0.2, 0) is 24.1 Å². The molecule has 1 aliphatic rings. The van der Waals surface area contributed by atoms with E-state index in [-0.39, 0.29) is 13.2 Å². The maximum atomic E-state index is 12.8. The molecule has 26 heavy (non-hydrogen) atoms.